The maximum atomic E-state index is 12.2. The highest BCUT2D eigenvalue weighted by Crippen LogP contribution is 2.21. The van der Waals surface area contributed by atoms with Crippen molar-refractivity contribution in [1.82, 2.24) is 9.55 Å². The van der Waals surface area contributed by atoms with Crippen LogP contribution >= 0.6 is 23.1 Å². The van der Waals surface area contributed by atoms with Gasteiger partial charge in [-0.25, -0.2) is 4.98 Å². The summed E-state index contributed by atoms with van der Waals surface area (Å²) in [5.41, 5.74) is 1.95. The van der Waals surface area contributed by atoms with E-state index in [-0.39, 0.29) is 5.56 Å². The average molecular weight is 266 g/mol. The van der Waals surface area contributed by atoms with Crippen LogP contribution in [0.3, 0.4) is 0 Å². The van der Waals surface area contributed by atoms with E-state index in [1.165, 1.54) is 11.3 Å². The van der Waals surface area contributed by atoms with E-state index in [2.05, 4.69) is 11.6 Å². The predicted molar refractivity (Wildman–Crippen MR) is 75.1 cm³/mol. The number of hydrogen-bond donors (Lipinski definition) is 0. The molecule has 2 heterocycles. The van der Waals surface area contributed by atoms with Crippen molar-refractivity contribution in [3.05, 3.63) is 34.0 Å². The van der Waals surface area contributed by atoms with Gasteiger partial charge in [-0.3, -0.25) is 9.36 Å². The predicted octanol–water partition coefficient (Wildman–Crippen LogP) is 3.15. The smallest absolute Gasteiger partial charge is 0.272 e. The molecule has 0 atom stereocenters. The second-order valence-corrected chi connectivity index (χ2v) is 5.68. The van der Waals surface area contributed by atoms with Gasteiger partial charge in [0.15, 0.2) is 5.16 Å². The Morgan fingerprint density at radius 2 is 2.41 bits per heavy atom. The fourth-order valence-electron chi connectivity index (χ4n) is 1.50. The first-order valence-electron chi connectivity index (χ1n) is 5.38. The number of thioether (sulfide) groups is 1. The molecule has 2 aromatic heterocycles. The molecule has 0 unspecified atom stereocenters. The molecule has 3 nitrogen and oxygen atoms in total. The minimum absolute atomic E-state index is 0.0664. The summed E-state index contributed by atoms with van der Waals surface area (Å²) in [6.07, 6.45) is 0. The molecule has 0 aromatic carbocycles. The molecule has 2 rings (SSSR count). The lowest BCUT2D eigenvalue weighted by Crippen LogP contribution is -2.21. The van der Waals surface area contributed by atoms with E-state index in [1.807, 2.05) is 25.3 Å². The molecule has 0 N–H and O–H groups in total. The topological polar surface area (TPSA) is 34.9 Å². The van der Waals surface area contributed by atoms with E-state index >= 15 is 0 Å². The summed E-state index contributed by atoms with van der Waals surface area (Å²) >= 11 is 3.02. The number of fused-ring (bicyclic) bond motifs is 1. The van der Waals surface area contributed by atoms with Gasteiger partial charge in [0.1, 0.15) is 4.70 Å². The van der Waals surface area contributed by atoms with Crippen molar-refractivity contribution in [2.24, 2.45) is 0 Å². The summed E-state index contributed by atoms with van der Waals surface area (Å²) in [4.78, 5) is 16.7. The van der Waals surface area contributed by atoms with Crippen LogP contribution < -0.4 is 5.56 Å². The average Bonchev–Trinajstić information content (AvgIpc) is 2.74. The van der Waals surface area contributed by atoms with Crippen LogP contribution in [0, 0.1) is 0 Å². The highest BCUT2D eigenvalue weighted by molar-refractivity contribution is 7.99. The van der Waals surface area contributed by atoms with E-state index in [0.29, 0.717) is 6.54 Å². The summed E-state index contributed by atoms with van der Waals surface area (Å²) in [5.74, 6) is 0.794. The zero-order chi connectivity index (χ0) is 12.4. The van der Waals surface area contributed by atoms with Crippen molar-refractivity contribution in [2.75, 3.05) is 5.75 Å². The van der Waals surface area contributed by atoms with Gasteiger partial charge in [-0.2, -0.15) is 0 Å². The van der Waals surface area contributed by atoms with E-state index in [0.717, 1.165) is 26.7 Å². The highest BCUT2D eigenvalue weighted by Gasteiger charge is 2.10. The molecule has 0 fully saturated rings. The molecule has 17 heavy (non-hydrogen) atoms. The van der Waals surface area contributed by atoms with Crippen LogP contribution in [-0.2, 0) is 6.54 Å². The summed E-state index contributed by atoms with van der Waals surface area (Å²) < 4.78 is 2.47. The first-order valence-corrected chi connectivity index (χ1v) is 7.25. The maximum Gasteiger partial charge on any atom is 0.272 e. The van der Waals surface area contributed by atoms with Gasteiger partial charge in [0.2, 0.25) is 0 Å². The van der Waals surface area contributed by atoms with Crippen LogP contribution in [0.25, 0.3) is 10.2 Å². The third-order valence-corrected chi connectivity index (χ3v) is 4.39. The highest BCUT2D eigenvalue weighted by atomic mass is 32.2. The Labute approximate surface area is 108 Å². The zero-order valence-corrected chi connectivity index (χ0v) is 11.5. The van der Waals surface area contributed by atoms with Gasteiger partial charge in [0, 0.05) is 12.3 Å². The molecule has 0 amide bonds. The third kappa shape index (κ3) is 2.45. The number of aromatic nitrogens is 2. The molecule has 0 saturated carbocycles. The fourth-order valence-corrected chi connectivity index (χ4v) is 3.18. The zero-order valence-electron chi connectivity index (χ0n) is 9.90. The van der Waals surface area contributed by atoms with Crippen molar-refractivity contribution in [1.29, 1.82) is 0 Å². The monoisotopic (exact) mass is 266 g/mol. The maximum absolute atomic E-state index is 12.2. The van der Waals surface area contributed by atoms with Crippen LogP contribution in [0.2, 0.25) is 0 Å². The molecule has 2 aromatic rings. The Bertz CT molecular complexity index is 612. The van der Waals surface area contributed by atoms with Crippen molar-refractivity contribution < 1.29 is 0 Å². The van der Waals surface area contributed by atoms with Gasteiger partial charge in [-0.05, 0) is 25.3 Å². The molecule has 0 aliphatic carbocycles. The summed E-state index contributed by atoms with van der Waals surface area (Å²) in [5, 5.41) is 2.69. The van der Waals surface area contributed by atoms with Gasteiger partial charge in [-0.1, -0.05) is 23.9 Å². The Morgan fingerprint density at radius 1 is 1.65 bits per heavy atom. The van der Waals surface area contributed by atoms with Crippen molar-refractivity contribution in [3.63, 3.8) is 0 Å². The molecule has 0 aliphatic rings. The molecule has 0 bridgehead atoms. The number of rotatable bonds is 4. The lowest BCUT2D eigenvalue weighted by atomic mass is 10.4. The van der Waals surface area contributed by atoms with Crippen molar-refractivity contribution in [3.8, 4) is 0 Å². The van der Waals surface area contributed by atoms with Gasteiger partial charge >= 0.3 is 0 Å². The van der Waals surface area contributed by atoms with Crippen molar-refractivity contribution in [2.45, 2.75) is 25.5 Å². The normalized spacial score (nSPS) is 10.9. The molecular formula is C12H14N2OS2. The van der Waals surface area contributed by atoms with Gasteiger partial charge in [-0.15, -0.1) is 11.3 Å². The molecule has 0 radical (unpaired) electrons. The van der Waals surface area contributed by atoms with E-state index in [1.54, 1.807) is 16.3 Å². The Kier molecular flexibility index (Phi) is 3.69. The minimum Gasteiger partial charge on any atom is -0.287 e. The fraction of sp³-hybridized carbons (Fsp3) is 0.333. The van der Waals surface area contributed by atoms with E-state index in [9.17, 15) is 4.79 Å². The number of hydrogen-bond acceptors (Lipinski definition) is 4. The first kappa shape index (κ1) is 12.4. The molecule has 0 aliphatic heterocycles. The number of thiophene rings is 1. The Morgan fingerprint density at radius 3 is 3.06 bits per heavy atom. The van der Waals surface area contributed by atoms with Crippen LogP contribution in [0.15, 0.2) is 33.5 Å². The second kappa shape index (κ2) is 5.06. The molecular weight excluding hydrogens is 252 g/mol. The van der Waals surface area contributed by atoms with Crippen LogP contribution in [-0.4, -0.2) is 15.3 Å². The van der Waals surface area contributed by atoms with Gasteiger partial charge < -0.3 is 0 Å². The molecule has 0 spiro atoms. The molecule has 0 saturated heterocycles. The van der Waals surface area contributed by atoms with Crippen LogP contribution in [0.4, 0.5) is 0 Å². The first-order chi connectivity index (χ1) is 8.13. The lowest BCUT2D eigenvalue weighted by molar-refractivity contribution is 0.636. The summed E-state index contributed by atoms with van der Waals surface area (Å²) in [6, 6.07) is 1.90. The van der Waals surface area contributed by atoms with Crippen LogP contribution in [0.5, 0.6) is 0 Å². The van der Waals surface area contributed by atoms with E-state index < -0.39 is 0 Å². The third-order valence-electron chi connectivity index (χ3n) is 2.29. The lowest BCUT2D eigenvalue weighted by Gasteiger charge is -2.09. The minimum atomic E-state index is 0.0664. The standard InChI is InChI=1S/C12H14N2OS2/c1-4-14-11(15)10-9(5-6-16-10)13-12(14)17-7-8(2)3/h5-6H,2,4,7H2,1,3H3. The van der Waals surface area contributed by atoms with Gasteiger partial charge in [0.05, 0.1) is 5.52 Å². The van der Waals surface area contributed by atoms with E-state index in [4.69, 9.17) is 0 Å². The largest absolute Gasteiger partial charge is 0.287 e. The quantitative estimate of drug-likeness (QED) is 0.484. The van der Waals surface area contributed by atoms with Crippen molar-refractivity contribution >= 4 is 33.3 Å². The SMILES string of the molecule is C=C(C)CSc1nc2ccsc2c(=O)n1CC. The Hall–Kier alpha value is -1.07. The molecule has 90 valence electrons. The summed E-state index contributed by atoms with van der Waals surface area (Å²) in [6.45, 7) is 8.46. The Balaban J connectivity index is 2.52. The number of nitrogens with zero attached hydrogens (tertiary/aromatic N) is 2. The summed E-state index contributed by atoms with van der Waals surface area (Å²) in [7, 11) is 0. The second-order valence-electron chi connectivity index (χ2n) is 3.82. The van der Waals surface area contributed by atoms with Crippen LogP contribution in [0.1, 0.15) is 13.8 Å². The van der Waals surface area contributed by atoms with Gasteiger partial charge in [0.25, 0.3) is 5.56 Å². The molecule has 5 heteroatoms.